The molecule has 2 heteroatoms. The second-order valence-electron chi connectivity index (χ2n) is 5.24. The molecule has 0 fully saturated rings. The number of thioether (sulfide) groups is 1. The Kier molecular flexibility index (Phi) is 3.01. The average Bonchev–Trinajstić information content (AvgIpc) is 2.69. The van der Waals surface area contributed by atoms with E-state index in [1.807, 2.05) is 0 Å². The Balaban J connectivity index is 1.96. The third kappa shape index (κ3) is 2.16. The lowest BCUT2D eigenvalue weighted by atomic mass is 9.86. The number of hydrogen-bond donors (Lipinski definition) is 0. The zero-order valence-electron chi connectivity index (χ0n) is 10.5. The van der Waals surface area contributed by atoms with Crippen LogP contribution in [-0.4, -0.2) is 30.3 Å². The molecule has 2 aliphatic heterocycles. The molecule has 2 atom stereocenters. The molecule has 2 aliphatic rings. The van der Waals surface area contributed by atoms with Gasteiger partial charge in [0, 0.05) is 24.3 Å². The highest BCUT2D eigenvalue weighted by molar-refractivity contribution is 8.04. The van der Waals surface area contributed by atoms with Crippen LogP contribution in [0.4, 0.5) is 0 Å². The molecule has 90 valence electrons. The van der Waals surface area contributed by atoms with Crippen molar-refractivity contribution in [3.05, 3.63) is 46.4 Å². The van der Waals surface area contributed by atoms with Crippen molar-refractivity contribution in [2.45, 2.75) is 24.5 Å². The lowest BCUT2D eigenvalue weighted by Gasteiger charge is -2.31. The molecule has 17 heavy (non-hydrogen) atoms. The second-order valence-corrected chi connectivity index (χ2v) is 6.77. The van der Waals surface area contributed by atoms with Crippen LogP contribution >= 0.6 is 11.8 Å². The van der Waals surface area contributed by atoms with Gasteiger partial charge in [-0.25, -0.2) is 0 Å². The lowest BCUT2D eigenvalue weighted by molar-refractivity contribution is 0.333. The van der Waals surface area contributed by atoms with Crippen molar-refractivity contribution in [2.24, 2.45) is 0 Å². The molecule has 0 saturated carbocycles. The SMILES string of the molecule is CC1CC2=C(CN(C)CC2c2ccccc2)S1. The summed E-state index contributed by atoms with van der Waals surface area (Å²) in [5, 5.41) is 0.776. The molecule has 0 aliphatic carbocycles. The van der Waals surface area contributed by atoms with E-state index in [9.17, 15) is 0 Å². The lowest BCUT2D eigenvalue weighted by Crippen LogP contribution is -2.31. The van der Waals surface area contributed by atoms with E-state index in [2.05, 4.69) is 61.0 Å². The largest absolute Gasteiger partial charge is 0.301 e. The van der Waals surface area contributed by atoms with Crippen LogP contribution in [0.1, 0.15) is 24.8 Å². The van der Waals surface area contributed by atoms with Crippen LogP contribution in [0.3, 0.4) is 0 Å². The first-order valence-corrected chi connectivity index (χ1v) is 7.24. The van der Waals surface area contributed by atoms with E-state index in [4.69, 9.17) is 0 Å². The smallest absolute Gasteiger partial charge is 0.0290 e. The predicted octanol–water partition coefficient (Wildman–Crippen LogP) is 3.50. The molecule has 0 saturated heterocycles. The fraction of sp³-hybridized carbons (Fsp3) is 0.467. The molecule has 0 radical (unpaired) electrons. The molecular weight excluding hydrogens is 226 g/mol. The Morgan fingerprint density at radius 2 is 2.00 bits per heavy atom. The first-order valence-electron chi connectivity index (χ1n) is 6.36. The minimum absolute atomic E-state index is 0.627. The van der Waals surface area contributed by atoms with E-state index in [-0.39, 0.29) is 0 Å². The number of likely N-dealkylation sites (N-methyl/N-ethyl adjacent to an activating group) is 1. The summed E-state index contributed by atoms with van der Waals surface area (Å²) in [5.41, 5.74) is 3.20. The van der Waals surface area contributed by atoms with E-state index in [1.165, 1.54) is 18.5 Å². The molecule has 1 nitrogen and oxygen atoms in total. The number of benzene rings is 1. The molecule has 0 aromatic heterocycles. The van der Waals surface area contributed by atoms with Crippen molar-refractivity contribution in [1.82, 2.24) is 4.90 Å². The van der Waals surface area contributed by atoms with Crippen molar-refractivity contribution in [3.63, 3.8) is 0 Å². The second kappa shape index (κ2) is 4.51. The molecule has 2 heterocycles. The first kappa shape index (κ1) is 11.4. The quantitative estimate of drug-likeness (QED) is 0.745. The predicted molar refractivity (Wildman–Crippen MR) is 75.4 cm³/mol. The summed E-state index contributed by atoms with van der Waals surface area (Å²) >= 11 is 2.09. The highest BCUT2D eigenvalue weighted by atomic mass is 32.2. The van der Waals surface area contributed by atoms with E-state index >= 15 is 0 Å². The summed E-state index contributed by atoms with van der Waals surface area (Å²) in [6.07, 6.45) is 1.29. The summed E-state index contributed by atoms with van der Waals surface area (Å²) in [7, 11) is 2.24. The Bertz CT molecular complexity index is 437. The van der Waals surface area contributed by atoms with Gasteiger partial charge in [-0.05, 0) is 29.5 Å². The Hall–Kier alpha value is -0.730. The maximum atomic E-state index is 2.46. The van der Waals surface area contributed by atoms with Crippen molar-refractivity contribution in [3.8, 4) is 0 Å². The number of hydrogen-bond acceptors (Lipinski definition) is 2. The number of nitrogens with zero attached hydrogens (tertiary/aromatic N) is 1. The maximum Gasteiger partial charge on any atom is 0.0290 e. The van der Waals surface area contributed by atoms with Gasteiger partial charge < -0.3 is 4.90 Å². The van der Waals surface area contributed by atoms with Gasteiger partial charge in [0.05, 0.1) is 0 Å². The topological polar surface area (TPSA) is 3.24 Å². The van der Waals surface area contributed by atoms with Crippen LogP contribution in [0.15, 0.2) is 40.8 Å². The van der Waals surface area contributed by atoms with Gasteiger partial charge >= 0.3 is 0 Å². The zero-order chi connectivity index (χ0) is 11.8. The van der Waals surface area contributed by atoms with Crippen LogP contribution in [0, 0.1) is 0 Å². The van der Waals surface area contributed by atoms with E-state index < -0.39 is 0 Å². The van der Waals surface area contributed by atoms with Gasteiger partial charge in [0.1, 0.15) is 0 Å². The van der Waals surface area contributed by atoms with Gasteiger partial charge in [-0.3, -0.25) is 0 Å². The standard InChI is InChI=1S/C15H19NS/c1-11-8-13-14(12-6-4-3-5-7-12)9-16(2)10-15(13)17-11/h3-7,11,14H,8-10H2,1-2H3. The molecule has 0 bridgehead atoms. The first-order chi connectivity index (χ1) is 8.24. The van der Waals surface area contributed by atoms with Crippen molar-refractivity contribution >= 4 is 11.8 Å². The van der Waals surface area contributed by atoms with Gasteiger partial charge in [-0.1, -0.05) is 37.3 Å². The van der Waals surface area contributed by atoms with Crippen molar-refractivity contribution in [1.29, 1.82) is 0 Å². The van der Waals surface area contributed by atoms with Crippen LogP contribution in [0.25, 0.3) is 0 Å². The van der Waals surface area contributed by atoms with Crippen LogP contribution in [-0.2, 0) is 0 Å². The molecule has 1 aromatic rings. The van der Waals surface area contributed by atoms with Gasteiger partial charge in [0.2, 0.25) is 0 Å². The summed E-state index contributed by atoms with van der Waals surface area (Å²) in [6, 6.07) is 11.0. The molecule has 1 aromatic carbocycles. The molecule has 2 unspecified atom stereocenters. The fourth-order valence-electron chi connectivity index (χ4n) is 2.98. The van der Waals surface area contributed by atoms with Gasteiger partial charge in [0.25, 0.3) is 0 Å². The van der Waals surface area contributed by atoms with Crippen LogP contribution in [0.5, 0.6) is 0 Å². The van der Waals surface area contributed by atoms with E-state index in [0.29, 0.717) is 5.92 Å². The molecule has 0 spiro atoms. The Labute approximate surface area is 108 Å². The van der Waals surface area contributed by atoms with Crippen LogP contribution < -0.4 is 0 Å². The molecule has 0 N–H and O–H groups in total. The summed E-state index contributed by atoms with van der Waals surface area (Å²) in [4.78, 5) is 4.10. The van der Waals surface area contributed by atoms with Gasteiger partial charge in [-0.2, -0.15) is 0 Å². The maximum absolute atomic E-state index is 2.46. The van der Waals surface area contributed by atoms with Crippen molar-refractivity contribution < 1.29 is 0 Å². The minimum atomic E-state index is 0.627. The molecule has 3 rings (SSSR count). The minimum Gasteiger partial charge on any atom is -0.301 e. The molecular formula is C15H19NS. The Morgan fingerprint density at radius 3 is 2.76 bits per heavy atom. The monoisotopic (exact) mass is 245 g/mol. The van der Waals surface area contributed by atoms with E-state index in [0.717, 1.165) is 11.8 Å². The zero-order valence-corrected chi connectivity index (χ0v) is 11.3. The number of rotatable bonds is 1. The normalized spacial score (nSPS) is 29.5. The third-order valence-corrected chi connectivity index (χ3v) is 4.98. The van der Waals surface area contributed by atoms with Gasteiger partial charge in [0.15, 0.2) is 0 Å². The van der Waals surface area contributed by atoms with Gasteiger partial charge in [-0.15, -0.1) is 11.8 Å². The van der Waals surface area contributed by atoms with Crippen molar-refractivity contribution in [2.75, 3.05) is 20.1 Å². The highest BCUT2D eigenvalue weighted by Crippen LogP contribution is 2.46. The van der Waals surface area contributed by atoms with Crippen LogP contribution in [0.2, 0.25) is 0 Å². The summed E-state index contributed by atoms with van der Waals surface area (Å²) in [5.74, 6) is 0.627. The molecule has 0 amide bonds. The summed E-state index contributed by atoms with van der Waals surface area (Å²) in [6.45, 7) is 4.69. The van der Waals surface area contributed by atoms with E-state index in [1.54, 1.807) is 10.5 Å². The summed E-state index contributed by atoms with van der Waals surface area (Å²) < 4.78 is 0. The third-order valence-electron chi connectivity index (χ3n) is 3.74. The average molecular weight is 245 g/mol. The fourth-order valence-corrected chi connectivity index (χ4v) is 4.40. The Morgan fingerprint density at radius 1 is 1.24 bits per heavy atom. The highest BCUT2D eigenvalue weighted by Gasteiger charge is 2.33.